The van der Waals surface area contributed by atoms with Crippen molar-refractivity contribution in [2.24, 2.45) is 11.8 Å². The molecule has 164 valence electrons. The van der Waals surface area contributed by atoms with Crippen LogP contribution in [0.2, 0.25) is 0 Å². The molecule has 31 heavy (non-hydrogen) atoms. The summed E-state index contributed by atoms with van der Waals surface area (Å²) in [6.45, 7) is 8.77. The summed E-state index contributed by atoms with van der Waals surface area (Å²) in [5.41, 5.74) is 3.95. The van der Waals surface area contributed by atoms with Crippen molar-refractivity contribution in [3.8, 4) is 0 Å². The zero-order chi connectivity index (χ0) is 22.0. The Kier molecular flexibility index (Phi) is 6.42. The Bertz CT molecular complexity index is 954. The Morgan fingerprint density at radius 3 is 2.65 bits per heavy atom. The quantitative estimate of drug-likeness (QED) is 0.753. The SMILES string of the molecule is CCN1CC[C@@H](CCc2ccc(NC(=O)c3cccc4c3C(=O)N(C)C4)cc2)[C@@H](C)C1. The molecule has 2 aromatic rings. The Labute approximate surface area is 185 Å². The van der Waals surface area contributed by atoms with E-state index < -0.39 is 0 Å². The maximum atomic E-state index is 12.8. The first-order valence-electron chi connectivity index (χ1n) is 11.5. The number of fused-ring (bicyclic) bond motifs is 1. The van der Waals surface area contributed by atoms with Crippen LogP contribution in [0.4, 0.5) is 5.69 Å². The number of benzene rings is 2. The van der Waals surface area contributed by atoms with Crippen molar-refractivity contribution >= 4 is 17.5 Å². The van der Waals surface area contributed by atoms with E-state index in [1.54, 1.807) is 18.0 Å². The van der Waals surface area contributed by atoms with Gasteiger partial charge in [-0.25, -0.2) is 0 Å². The number of aryl methyl sites for hydroxylation is 1. The number of likely N-dealkylation sites (tertiary alicyclic amines) is 1. The van der Waals surface area contributed by atoms with Gasteiger partial charge in [0, 0.05) is 25.8 Å². The van der Waals surface area contributed by atoms with E-state index in [0.29, 0.717) is 17.7 Å². The Hall–Kier alpha value is -2.66. The summed E-state index contributed by atoms with van der Waals surface area (Å²) in [6, 6.07) is 13.6. The summed E-state index contributed by atoms with van der Waals surface area (Å²) in [6.07, 6.45) is 3.58. The van der Waals surface area contributed by atoms with Crippen LogP contribution in [-0.2, 0) is 13.0 Å². The van der Waals surface area contributed by atoms with E-state index in [1.165, 1.54) is 31.5 Å². The number of hydrogen-bond donors (Lipinski definition) is 1. The van der Waals surface area contributed by atoms with Crippen LogP contribution in [0, 0.1) is 11.8 Å². The van der Waals surface area contributed by atoms with Gasteiger partial charge in [0.2, 0.25) is 0 Å². The molecule has 2 aliphatic heterocycles. The second-order valence-corrected chi connectivity index (χ2v) is 9.11. The number of nitrogens with one attached hydrogen (secondary N) is 1. The molecule has 0 aromatic heterocycles. The van der Waals surface area contributed by atoms with Gasteiger partial charge in [0.15, 0.2) is 0 Å². The fourth-order valence-corrected chi connectivity index (χ4v) is 4.99. The second kappa shape index (κ2) is 9.23. The van der Waals surface area contributed by atoms with Gasteiger partial charge in [0.1, 0.15) is 0 Å². The molecule has 1 saturated heterocycles. The van der Waals surface area contributed by atoms with Gasteiger partial charge >= 0.3 is 0 Å². The minimum atomic E-state index is -0.232. The van der Waals surface area contributed by atoms with E-state index in [-0.39, 0.29) is 11.8 Å². The van der Waals surface area contributed by atoms with Crippen molar-refractivity contribution in [2.45, 2.75) is 39.7 Å². The highest BCUT2D eigenvalue weighted by Crippen LogP contribution is 2.28. The lowest BCUT2D eigenvalue weighted by Crippen LogP contribution is -2.39. The first-order chi connectivity index (χ1) is 15.0. The molecule has 2 heterocycles. The van der Waals surface area contributed by atoms with Crippen LogP contribution in [0.25, 0.3) is 0 Å². The molecular formula is C26H33N3O2. The van der Waals surface area contributed by atoms with E-state index in [0.717, 1.165) is 36.1 Å². The highest BCUT2D eigenvalue weighted by molar-refractivity contribution is 6.13. The van der Waals surface area contributed by atoms with E-state index in [1.807, 2.05) is 24.3 Å². The van der Waals surface area contributed by atoms with Crippen LogP contribution in [0.3, 0.4) is 0 Å². The largest absolute Gasteiger partial charge is 0.337 e. The number of piperidine rings is 1. The molecule has 5 heteroatoms. The van der Waals surface area contributed by atoms with E-state index in [2.05, 4.69) is 36.2 Å². The molecular weight excluding hydrogens is 386 g/mol. The molecule has 0 unspecified atom stereocenters. The van der Waals surface area contributed by atoms with Crippen LogP contribution in [0.5, 0.6) is 0 Å². The third kappa shape index (κ3) is 4.67. The lowest BCUT2D eigenvalue weighted by molar-refractivity contribution is 0.0812. The Balaban J connectivity index is 1.35. The first kappa shape index (κ1) is 21.6. The summed E-state index contributed by atoms with van der Waals surface area (Å²) >= 11 is 0. The zero-order valence-electron chi connectivity index (χ0n) is 18.9. The number of nitrogens with zero attached hydrogens (tertiary/aromatic N) is 2. The highest BCUT2D eigenvalue weighted by atomic mass is 16.2. The fourth-order valence-electron chi connectivity index (χ4n) is 4.99. The van der Waals surface area contributed by atoms with Gasteiger partial charge in [0.25, 0.3) is 11.8 Å². The van der Waals surface area contributed by atoms with Gasteiger partial charge in [-0.2, -0.15) is 0 Å². The molecule has 0 bridgehead atoms. The first-order valence-corrected chi connectivity index (χ1v) is 11.5. The van der Waals surface area contributed by atoms with Crippen LogP contribution in [0.15, 0.2) is 42.5 Å². The summed E-state index contributed by atoms with van der Waals surface area (Å²) < 4.78 is 0. The van der Waals surface area contributed by atoms with Gasteiger partial charge in [-0.3, -0.25) is 9.59 Å². The van der Waals surface area contributed by atoms with Crippen molar-refractivity contribution in [3.05, 3.63) is 64.7 Å². The van der Waals surface area contributed by atoms with Crippen LogP contribution in [0.1, 0.15) is 58.5 Å². The summed E-state index contributed by atoms with van der Waals surface area (Å²) in [7, 11) is 1.76. The maximum Gasteiger partial charge on any atom is 0.256 e. The minimum Gasteiger partial charge on any atom is -0.337 e. The van der Waals surface area contributed by atoms with Crippen LogP contribution in [-0.4, -0.2) is 48.3 Å². The fraction of sp³-hybridized carbons (Fsp3) is 0.462. The minimum absolute atomic E-state index is 0.0879. The van der Waals surface area contributed by atoms with E-state index >= 15 is 0 Å². The molecule has 0 radical (unpaired) electrons. The second-order valence-electron chi connectivity index (χ2n) is 9.11. The van der Waals surface area contributed by atoms with Crippen LogP contribution >= 0.6 is 0 Å². The smallest absolute Gasteiger partial charge is 0.256 e. The predicted molar refractivity (Wildman–Crippen MR) is 124 cm³/mol. The third-order valence-electron chi connectivity index (χ3n) is 6.99. The van der Waals surface area contributed by atoms with Crippen molar-refractivity contribution in [1.82, 2.24) is 9.80 Å². The maximum absolute atomic E-state index is 12.8. The number of hydrogen-bond acceptors (Lipinski definition) is 3. The molecule has 1 fully saturated rings. The number of amides is 2. The van der Waals surface area contributed by atoms with Crippen molar-refractivity contribution < 1.29 is 9.59 Å². The molecule has 2 aromatic carbocycles. The summed E-state index contributed by atoms with van der Waals surface area (Å²) in [5, 5.41) is 2.96. The van der Waals surface area contributed by atoms with Gasteiger partial charge in [0.05, 0.1) is 11.1 Å². The zero-order valence-corrected chi connectivity index (χ0v) is 18.9. The topological polar surface area (TPSA) is 52.7 Å². The molecule has 2 aliphatic rings. The molecule has 2 atom stereocenters. The Morgan fingerprint density at radius 2 is 1.94 bits per heavy atom. The number of rotatable bonds is 6. The van der Waals surface area contributed by atoms with Gasteiger partial charge < -0.3 is 15.1 Å². The van der Waals surface area contributed by atoms with Crippen molar-refractivity contribution in [2.75, 3.05) is 32.0 Å². The van der Waals surface area contributed by atoms with E-state index in [4.69, 9.17) is 0 Å². The molecule has 5 nitrogen and oxygen atoms in total. The van der Waals surface area contributed by atoms with E-state index in [9.17, 15) is 9.59 Å². The van der Waals surface area contributed by atoms with Crippen LogP contribution < -0.4 is 5.32 Å². The lowest BCUT2D eigenvalue weighted by Gasteiger charge is -2.36. The molecule has 2 amide bonds. The Morgan fingerprint density at radius 1 is 1.16 bits per heavy atom. The summed E-state index contributed by atoms with van der Waals surface area (Å²) in [5.74, 6) is 1.22. The average molecular weight is 420 g/mol. The van der Waals surface area contributed by atoms with Crippen molar-refractivity contribution in [1.29, 1.82) is 0 Å². The standard InChI is InChI=1S/C26H33N3O2/c1-4-29-15-14-20(18(2)16-29)11-8-19-9-12-22(13-10-19)27-25(30)23-7-5-6-21-17-28(3)26(31)24(21)23/h5-7,9-10,12-13,18,20H,4,8,11,14-17H2,1-3H3,(H,27,30)/t18-,20+/m0/s1. The normalized spacial score (nSPS) is 21.3. The predicted octanol–water partition coefficient (Wildman–Crippen LogP) is 4.44. The highest BCUT2D eigenvalue weighted by Gasteiger charge is 2.29. The molecule has 4 rings (SSSR count). The molecule has 0 spiro atoms. The monoisotopic (exact) mass is 419 g/mol. The number of anilines is 1. The number of carbonyl (C=O) groups excluding carboxylic acids is 2. The molecule has 0 aliphatic carbocycles. The van der Waals surface area contributed by atoms with Crippen molar-refractivity contribution in [3.63, 3.8) is 0 Å². The molecule has 1 N–H and O–H groups in total. The lowest BCUT2D eigenvalue weighted by atomic mass is 9.83. The average Bonchev–Trinajstić information content (AvgIpc) is 3.07. The molecule has 0 saturated carbocycles. The summed E-state index contributed by atoms with van der Waals surface area (Å²) in [4.78, 5) is 29.5. The van der Waals surface area contributed by atoms with Gasteiger partial charge in [-0.15, -0.1) is 0 Å². The number of carbonyl (C=O) groups is 2. The van der Waals surface area contributed by atoms with Gasteiger partial charge in [-0.05, 0) is 73.5 Å². The van der Waals surface area contributed by atoms with Gasteiger partial charge in [-0.1, -0.05) is 38.1 Å². The third-order valence-corrected chi connectivity index (χ3v) is 6.99.